The predicted molar refractivity (Wildman–Crippen MR) is 83.0 cm³/mol. The molecule has 0 saturated carbocycles. The van der Waals surface area contributed by atoms with Gasteiger partial charge in [0.05, 0.1) is 17.7 Å². The number of hydrogen-bond acceptors (Lipinski definition) is 4. The lowest BCUT2D eigenvalue weighted by Gasteiger charge is -2.29. The molecule has 1 aromatic heterocycles. The van der Waals surface area contributed by atoms with Crippen LogP contribution in [0.4, 0.5) is 0 Å². The Bertz CT molecular complexity index is 436. The molecule has 1 aliphatic heterocycles. The molecule has 2 unspecified atom stereocenters. The highest BCUT2D eigenvalue weighted by molar-refractivity contribution is 5.83. The third-order valence-electron chi connectivity index (χ3n) is 4.40. The van der Waals surface area contributed by atoms with Crippen LogP contribution in [0, 0.1) is 5.41 Å². The summed E-state index contributed by atoms with van der Waals surface area (Å²) in [4.78, 5) is 14.7. The Kier molecular flexibility index (Phi) is 5.42. The topological polar surface area (TPSA) is 57.5 Å². The van der Waals surface area contributed by atoms with Gasteiger partial charge < -0.3 is 15.1 Å². The quantitative estimate of drug-likeness (QED) is 0.804. The second kappa shape index (κ2) is 7.09. The predicted octanol–water partition coefficient (Wildman–Crippen LogP) is 1.78. The first-order valence-corrected chi connectivity index (χ1v) is 7.78. The monoisotopic (exact) mass is 293 g/mol. The van der Waals surface area contributed by atoms with Gasteiger partial charge >= 0.3 is 0 Å². The first-order chi connectivity index (χ1) is 10.1. The Labute approximate surface area is 127 Å². The Hall–Kier alpha value is -1.33. The molecule has 5 heteroatoms. The number of nitrogens with zero attached hydrogens (tertiary/aromatic N) is 1. The molecule has 0 radical (unpaired) electrons. The number of hydrogen-bond donors (Lipinski definition) is 2. The summed E-state index contributed by atoms with van der Waals surface area (Å²) in [5, 5.41) is 6.47. The number of furan rings is 1. The van der Waals surface area contributed by atoms with E-state index >= 15 is 0 Å². The van der Waals surface area contributed by atoms with E-state index in [-0.39, 0.29) is 17.4 Å². The van der Waals surface area contributed by atoms with Crippen molar-refractivity contribution in [2.24, 2.45) is 5.41 Å². The number of nitrogens with one attached hydrogen (secondary N) is 2. The Balaban J connectivity index is 1.98. The fourth-order valence-electron chi connectivity index (χ4n) is 3.14. The minimum Gasteiger partial charge on any atom is -0.468 e. The molecule has 1 amide bonds. The van der Waals surface area contributed by atoms with Gasteiger partial charge in [-0.2, -0.15) is 0 Å². The zero-order valence-electron chi connectivity index (χ0n) is 13.3. The van der Waals surface area contributed by atoms with Gasteiger partial charge in [-0.1, -0.05) is 13.3 Å². The van der Waals surface area contributed by atoms with Crippen LogP contribution >= 0.6 is 0 Å². The van der Waals surface area contributed by atoms with Crippen LogP contribution in [0.3, 0.4) is 0 Å². The van der Waals surface area contributed by atoms with E-state index in [0.717, 1.165) is 38.1 Å². The normalized spacial score (nSPS) is 23.4. The minimum absolute atomic E-state index is 0.0667. The highest BCUT2D eigenvalue weighted by atomic mass is 16.3. The maximum atomic E-state index is 12.7. The maximum Gasteiger partial charge on any atom is 0.227 e. The van der Waals surface area contributed by atoms with E-state index in [9.17, 15) is 4.79 Å². The molecule has 2 atom stereocenters. The van der Waals surface area contributed by atoms with Crippen molar-refractivity contribution in [2.75, 3.05) is 33.7 Å². The lowest BCUT2D eigenvalue weighted by atomic mass is 9.81. The molecule has 2 N–H and O–H groups in total. The molecule has 5 nitrogen and oxygen atoms in total. The molecule has 1 fully saturated rings. The van der Waals surface area contributed by atoms with Crippen molar-refractivity contribution in [3.8, 4) is 0 Å². The minimum atomic E-state index is -0.227. The van der Waals surface area contributed by atoms with Gasteiger partial charge in [0.25, 0.3) is 0 Å². The van der Waals surface area contributed by atoms with E-state index in [1.165, 1.54) is 0 Å². The van der Waals surface area contributed by atoms with E-state index < -0.39 is 0 Å². The van der Waals surface area contributed by atoms with Gasteiger partial charge in [0.1, 0.15) is 5.76 Å². The highest BCUT2D eigenvalue weighted by Crippen LogP contribution is 2.31. The molecule has 2 rings (SSSR count). The molecule has 0 aromatic carbocycles. The van der Waals surface area contributed by atoms with E-state index in [1.54, 1.807) is 6.26 Å². The summed E-state index contributed by atoms with van der Waals surface area (Å²) < 4.78 is 5.48. The van der Waals surface area contributed by atoms with Crippen molar-refractivity contribution in [2.45, 2.75) is 32.2 Å². The van der Waals surface area contributed by atoms with Crippen molar-refractivity contribution >= 4 is 5.91 Å². The first-order valence-electron chi connectivity index (χ1n) is 7.78. The average Bonchev–Trinajstić information content (AvgIpc) is 3.10. The Morgan fingerprint density at radius 3 is 2.90 bits per heavy atom. The molecule has 0 spiro atoms. The average molecular weight is 293 g/mol. The van der Waals surface area contributed by atoms with E-state index in [1.807, 2.05) is 26.2 Å². The molecule has 1 aromatic rings. The molecule has 0 bridgehead atoms. The van der Waals surface area contributed by atoms with Crippen molar-refractivity contribution in [1.82, 2.24) is 15.5 Å². The van der Waals surface area contributed by atoms with Crippen molar-refractivity contribution < 1.29 is 9.21 Å². The van der Waals surface area contributed by atoms with Crippen LogP contribution in [0.15, 0.2) is 22.8 Å². The third kappa shape index (κ3) is 3.66. The number of amides is 1. The first kappa shape index (κ1) is 16.0. The van der Waals surface area contributed by atoms with Crippen LogP contribution in [-0.4, -0.2) is 44.5 Å². The van der Waals surface area contributed by atoms with Gasteiger partial charge in [0.2, 0.25) is 5.91 Å². The number of carbonyl (C=O) groups excluding carboxylic acids is 1. The van der Waals surface area contributed by atoms with Crippen LogP contribution in [-0.2, 0) is 4.79 Å². The molecule has 1 saturated heterocycles. The molecular weight excluding hydrogens is 266 g/mol. The summed E-state index contributed by atoms with van der Waals surface area (Å²) in [5.41, 5.74) is -0.227. The van der Waals surface area contributed by atoms with Gasteiger partial charge in [0, 0.05) is 13.1 Å². The zero-order chi connectivity index (χ0) is 15.3. The number of likely N-dealkylation sites (N-methyl/N-ethyl adjacent to an activating group) is 1. The summed E-state index contributed by atoms with van der Waals surface area (Å²) in [6, 6.07) is 3.90. The molecule has 21 heavy (non-hydrogen) atoms. The summed E-state index contributed by atoms with van der Waals surface area (Å²) in [6.07, 6.45) is 4.58. The smallest absolute Gasteiger partial charge is 0.227 e. The Morgan fingerprint density at radius 2 is 2.38 bits per heavy atom. The van der Waals surface area contributed by atoms with Crippen LogP contribution in [0.1, 0.15) is 38.0 Å². The Morgan fingerprint density at radius 1 is 1.57 bits per heavy atom. The summed E-state index contributed by atoms with van der Waals surface area (Å²) in [6.45, 7) is 4.44. The van der Waals surface area contributed by atoms with Crippen LogP contribution in [0.25, 0.3) is 0 Å². The van der Waals surface area contributed by atoms with E-state index in [4.69, 9.17) is 4.42 Å². The molecule has 0 aliphatic carbocycles. The lowest BCUT2D eigenvalue weighted by Crippen LogP contribution is -2.45. The van der Waals surface area contributed by atoms with Gasteiger partial charge in [-0.15, -0.1) is 0 Å². The fourth-order valence-corrected chi connectivity index (χ4v) is 3.14. The summed E-state index contributed by atoms with van der Waals surface area (Å²) in [5.74, 6) is 1.06. The second-order valence-corrected chi connectivity index (χ2v) is 6.16. The van der Waals surface area contributed by atoms with Crippen LogP contribution in [0.2, 0.25) is 0 Å². The summed E-state index contributed by atoms with van der Waals surface area (Å²) >= 11 is 0. The zero-order valence-corrected chi connectivity index (χ0v) is 13.3. The highest BCUT2D eigenvalue weighted by Gasteiger charge is 2.40. The molecular formula is C16H27N3O2. The van der Waals surface area contributed by atoms with Crippen LogP contribution < -0.4 is 10.6 Å². The maximum absolute atomic E-state index is 12.7. The third-order valence-corrected chi connectivity index (χ3v) is 4.40. The second-order valence-electron chi connectivity index (χ2n) is 6.16. The van der Waals surface area contributed by atoms with Gasteiger partial charge in [0.15, 0.2) is 0 Å². The molecule has 1 aliphatic rings. The van der Waals surface area contributed by atoms with E-state index in [0.29, 0.717) is 6.54 Å². The van der Waals surface area contributed by atoms with E-state index in [2.05, 4.69) is 22.5 Å². The van der Waals surface area contributed by atoms with Crippen molar-refractivity contribution in [3.05, 3.63) is 24.2 Å². The van der Waals surface area contributed by atoms with Crippen molar-refractivity contribution in [3.63, 3.8) is 0 Å². The van der Waals surface area contributed by atoms with Gasteiger partial charge in [-0.05, 0) is 45.6 Å². The van der Waals surface area contributed by atoms with Crippen LogP contribution in [0.5, 0.6) is 0 Å². The summed E-state index contributed by atoms with van der Waals surface area (Å²) in [7, 11) is 4.00. The van der Waals surface area contributed by atoms with Gasteiger partial charge in [-0.3, -0.25) is 9.69 Å². The lowest BCUT2D eigenvalue weighted by molar-refractivity contribution is -0.130. The largest absolute Gasteiger partial charge is 0.468 e. The molecule has 2 heterocycles. The fraction of sp³-hybridized carbons (Fsp3) is 0.688. The number of carbonyl (C=O) groups is 1. The SMILES string of the molecule is CCCC1(C(=O)NCC(c2ccco2)N(C)C)CCNC1. The van der Waals surface area contributed by atoms with Gasteiger partial charge in [-0.25, -0.2) is 0 Å². The molecule has 118 valence electrons. The van der Waals surface area contributed by atoms with Crippen molar-refractivity contribution in [1.29, 1.82) is 0 Å². The number of rotatable bonds is 7. The standard InChI is InChI=1S/C16H27N3O2/c1-4-7-16(8-9-17-12-16)15(20)18-11-13(19(2)3)14-6-5-10-21-14/h5-6,10,13,17H,4,7-9,11-12H2,1-3H3,(H,18,20).